The zero-order valence-corrected chi connectivity index (χ0v) is 34.2. The Labute approximate surface area is 334 Å². The number of allylic oxidation sites excluding steroid dienone is 2. The van der Waals surface area contributed by atoms with Crippen molar-refractivity contribution in [2.45, 2.75) is 160 Å². The van der Waals surface area contributed by atoms with Crippen molar-refractivity contribution in [3.63, 3.8) is 0 Å². The first-order chi connectivity index (χ1) is 26.7. The van der Waals surface area contributed by atoms with E-state index >= 15 is 0 Å². The van der Waals surface area contributed by atoms with Gasteiger partial charge in [-0.25, -0.2) is 0 Å². The Kier molecular flexibility index (Phi) is 11.4. The highest BCUT2D eigenvalue weighted by Gasteiger charge is 2.71. The number of carbonyl (C=O) groups excluding carboxylic acids is 2. The van der Waals surface area contributed by atoms with Crippen molar-refractivity contribution in [2.24, 2.45) is 50.2 Å². The van der Waals surface area contributed by atoms with Crippen LogP contribution in [-0.2, 0) is 33.3 Å². The average Bonchev–Trinajstić information content (AvgIpc) is 3.19. The molecule has 15 nitrogen and oxygen atoms in total. The smallest absolute Gasteiger partial charge is 0.315 e. The Morgan fingerprint density at radius 3 is 2.14 bits per heavy atom. The molecule has 0 radical (unpaired) electrons. The van der Waals surface area contributed by atoms with Crippen LogP contribution >= 0.6 is 0 Å². The molecule has 7 rings (SSSR count). The van der Waals surface area contributed by atoms with E-state index in [1.54, 1.807) is 0 Å². The highest BCUT2D eigenvalue weighted by molar-refractivity contribution is 5.81. The van der Waals surface area contributed by atoms with Crippen LogP contribution in [0.1, 0.15) is 98.8 Å². The van der Waals surface area contributed by atoms with Gasteiger partial charge < -0.3 is 64.5 Å². The number of hydrogen-bond donors (Lipinski definition) is 8. The Hall–Kier alpha value is -1.76. The topological polar surface area (TPSA) is 242 Å². The second-order valence-corrected chi connectivity index (χ2v) is 19.9. The molecule has 15 heteroatoms. The number of ether oxygens (including phenoxy) is 5. The fourth-order valence-corrected chi connectivity index (χ4v) is 13.6. The maximum atomic E-state index is 14.7. The molecule has 57 heavy (non-hydrogen) atoms. The standard InChI is InChI=1S/C42H66O15/c1-37(35(51)53-6)13-15-42(36(52)57-34-32(50)30(48)29(47)24(18-43)55-34)16-14-40(4)21(22(42)17-37)7-8-26-38(2)11-10-27(56-33-31(49)28(46)23(45)19-54-33)39(3,20-44)25(38)9-12-41(26,40)5/h7,22-34,43-50H,8-20H2,1-6H3/t22-,23-,24+,25+,26+,27-,28-,29+,30-,31+,32+,33-,34-,37-,38-,39+,40+,41+,42-/m0/s1. The lowest BCUT2D eigenvalue weighted by Gasteiger charge is -2.71. The number of esters is 2. The zero-order valence-electron chi connectivity index (χ0n) is 34.2. The minimum absolute atomic E-state index is 0.0371. The summed E-state index contributed by atoms with van der Waals surface area (Å²) < 4.78 is 28.9. The van der Waals surface area contributed by atoms with Crippen molar-refractivity contribution in [1.82, 2.24) is 0 Å². The van der Waals surface area contributed by atoms with Gasteiger partial charge in [0.15, 0.2) is 6.29 Å². The molecule has 7 aliphatic rings. The number of aliphatic hydroxyl groups is 8. The second-order valence-electron chi connectivity index (χ2n) is 19.9. The van der Waals surface area contributed by atoms with E-state index in [0.29, 0.717) is 44.9 Å². The monoisotopic (exact) mass is 810 g/mol. The van der Waals surface area contributed by atoms with Crippen molar-refractivity contribution in [1.29, 1.82) is 0 Å². The number of fused-ring (bicyclic) bond motifs is 7. The van der Waals surface area contributed by atoms with Gasteiger partial charge in [-0.05, 0) is 105 Å². The lowest BCUT2D eigenvalue weighted by Crippen LogP contribution is -2.67. The van der Waals surface area contributed by atoms with E-state index in [1.165, 1.54) is 7.11 Å². The van der Waals surface area contributed by atoms with Crippen LogP contribution in [0.3, 0.4) is 0 Å². The van der Waals surface area contributed by atoms with Crippen LogP contribution in [0.25, 0.3) is 0 Å². The van der Waals surface area contributed by atoms with Gasteiger partial charge in [0, 0.05) is 5.41 Å². The number of carbonyl (C=O) groups is 2. The van der Waals surface area contributed by atoms with Gasteiger partial charge in [-0.3, -0.25) is 9.59 Å². The molecule has 4 saturated carbocycles. The number of hydrogen-bond acceptors (Lipinski definition) is 15. The Bertz CT molecular complexity index is 1570. The average molecular weight is 811 g/mol. The highest BCUT2D eigenvalue weighted by Crippen LogP contribution is 2.76. The summed E-state index contributed by atoms with van der Waals surface area (Å²) in [6.45, 7) is 9.94. The summed E-state index contributed by atoms with van der Waals surface area (Å²) in [5.41, 5.74) is -2.43. The van der Waals surface area contributed by atoms with E-state index in [-0.39, 0.29) is 41.8 Å². The van der Waals surface area contributed by atoms with Crippen LogP contribution in [-0.4, -0.2) is 141 Å². The summed E-state index contributed by atoms with van der Waals surface area (Å²) in [4.78, 5) is 28.1. The molecule has 2 heterocycles. The van der Waals surface area contributed by atoms with Crippen LogP contribution < -0.4 is 0 Å². The van der Waals surface area contributed by atoms with E-state index in [9.17, 15) is 50.4 Å². The predicted molar refractivity (Wildman–Crippen MR) is 199 cm³/mol. The van der Waals surface area contributed by atoms with Gasteiger partial charge in [0.05, 0.1) is 43.9 Å². The van der Waals surface area contributed by atoms with Gasteiger partial charge in [0.25, 0.3) is 0 Å². The van der Waals surface area contributed by atoms with Crippen molar-refractivity contribution in [2.75, 3.05) is 26.9 Å². The number of aliphatic hydroxyl groups excluding tert-OH is 8. The molecule has 0 aromatic carbocycles. The first-order valence-electron chi connectivity index (χ1n) is 20.9. The molecular formula is C42H66O15. The van der Waals surface area contributed by atoms with Crippen LogP contribution in [0.15, 0.2) is 11.6 Å². The van der Waals surface area contributed by atoms with Gasteiger partial charge in [-0.15, -0.1) is 0 Å². The minimum Gasteiger partial charge on any atom is -0.469 e. The lowest BCUT2D eigenvalue weighted by atomic mass is 9.33. The molecule has 6 fully saturated rings. The van der Waals surface area contributed by atoms with Crippen molar-refractivity contribution in [3.05, 3.63) is 11.6 Å². The molecular weight excluding hydrogens is 744 g/mol. The summed E-state index contributed by atoms with van der Waals surface area (Å²) in [6, 6.07) is 0. The Morgan fingerprint density at radius 1 is 0.789 bits per heavy atom. The maximum Gasteiger partial charge on any atom is 0.315 e. The van der Waals surface area contributed by atoms with Crippen molar-refractivity contribution in [3.8, 4) is 0 Å². The van der Waals surface area contributed by atoms with E-state index in [1.807, 2.05) is 13.8 Å². The van der Waals surface area contributed by atoms with E-state index < -0.39 is 102 Å². The molecule has 0 amide bonds. The molecule has 0 aromatic heterocycles. The third-order valence-corrected chi connectivity index (χ3v) is 17.4. The summed E-state index contributed by atoms with van der Waals surface area (Å²) in [6.07, 6.45) is -5.49. The third kappa shape index (κ3) is 6.30. The second kappa shape index (κ2) is 15.0. The molecule has 0 spiro atoms. The largest absolute Gasteiger partial charge is 0.469 e. The normalized spacial score (nSPS) is 53.6. The quantitative estimate of drug-likeness (QED) is 0.102. The molecule has 2 aliphatic heterocycles. The van der Waals surface area contributed by atoms with E-state index in [2.05, 4.69) is 26.8 Å². The molecule has 19 atom stereocenters. The highest BCUT2D eigenvalue weighted by atomic mass is 16.7. The van der Waals surface area contributed by atoms with Gasteiger partial charge in [-0.2, -0.15) is 0 Å². The zero-order chi connectivity index (χ0) is 41.7. The fraction of sp³-hybridized carbons (Fsp3) is 0.905. The predicted octanol–water partition coefficient (Wildman–Crippen LogP) is 1.08. The van der Waals surface area contributed by atoms with Gasteiger partial charge in [0.1, 0.15) is 42.7 Å². The van der Waals surface area contributed by atoms with Gasteiger partial charge in [0.2, 0.25) is 6.29 Å². The van der Waals surface area contributed by atoms with Gasteiger partial charge in [-0.1, -0.05) is 39.3 Å². The maximum absolute atomic E-state index is 14.7. The van der Waals surface area contributed by atoms with Crippen LogP contribution in [0.2, 0.25) is 0 Å². The molecule has 2 saturated heterocycles. The van der Waals surface area contributed by atoms with Crippen LogP contribution in [0.4, 0.5) is 0 Å². The van der Waals surface area contributed by atoms with E-state index in [0.717, 1.165) is 24.8 Å². The molecule has 5 aliphatic carbocycles. The fourth-order valence-electron chi connectivity index (χ4n) is 13.6. The Balaban J connectivity index is 1.21. The number of rotatable bonds is 7. The summed E-state index contributed by atoms with van der Waals surface area (Å²) in [5, 5.41) is 83.6. The Morgan fingerprint density at radius 2 is 1.47 bits per heavy atom. The van der Waals surface area contributed by atoms with Crippen molar-refractivity contribution < 1.29 is 74.1 Å². The van der Waals surface area contributed by atoms with Crippen LogP contribution in [0.5, 0.6) is 0 Å². The third-order valence-electron chi connectivity index (χ3n) is 17.4. The SMILES string of the molecule is COC(=O)[C@@]1(C)CC[C@]2(C(=O)O[C@@H]3O[C@H](CO)[C@@H](O)[C@H](O)[C@H]3O)CC[C@]3(C)C(=CC[C@@H]4[C@@]5(C)CC[C@H](O[C@@H]6OC[C@H](O)[C@H](O)[C@H]6O)[C@](C)(CO)[C@@H]5CC[C@]43C)[C@@H]2C1. The first-order valence-corrected chi connectivity index (χ1v) is 20.9. The van der Waals surface area contributed by atoms with Crippen molar-refractivity contribution >= 4 is 11.9 Å². The summed E-state index contributed by atoms with van der Waals surface area (Å²) in [5.74, 6) is -1.16. The van der Waals surface area contributed by atoms with Crippen LogP contribution in [0, 0.1) is 50.2 Å². The molecule has 0 bridgehead atoms. The molecule has 0 unspecified atom stereocenters. The number of methoxy groups -OCH3 is 1. The molecule has 324 valence electrons. The molecule has 0 aromatic rings. The van der Waals surface area contributed by atoms with Gasteiger partial charge >= 0.3 is 11.9 Å². The van der Waals surface area contributed by atoms with E-state index in [4.69, 9.17) is 23.7 Å². The molecule has 8 N–H and O–H groups in total. The minimum atomic E-state index is -1.74. The summed E-state index contributed by atoms with van der Waals surface area (Å²) >= 11 is 0. The lowest BCUT2D eigenvalue weighted by molar-refractivity contribution is -0.312. The summed E-state index contributed by atoms with van der Waals surface area (Å²) in [7, 11) is 1.37. The first kappa shape index (κ1) is 43.3.